The number of benzene rings is 1. The Bertz CT molecular complexity index is 592. The van der Waals surface area contributed by atoms with E-state index in [9.17, 15) is 9.59 Å². The zero-order chi connectivity index (χ0) is 18.2. The second kappa shape index (κ2) is 11.0. The lowest BCUT2D eigenvalue weighted by Gasteiger charge is -2.26. The van der Waals surface area contributed by atoms with E-state index < -0.39 is 6.04 Å². The molecule has 26 heavy (non-hydrogen) atoms. The van der Waals surface area contributed by atoms with Crippen LogP contribution in [0.3, 0.4) is 0 Å². The molecule has 1 aromatic rings. The lowest BCUT2D eigenvalue weighted by atomic mass is 9.92. The summed E-state index contributed by atoms with van der Waals surface area (Å²) in [5.41, 5.74) is 6.95. The van der Waals surface area contributed by atoms with Crippen LogP contribution in [0, 0.1) is 5.92 Å². The molecule has 2 amide bonds. The Hall–Kier alpha value is -1.83. The number of nitrogens with zero attached hydrogens (tertiary/aromatic N) is 1. The second-order valence-electron chi connectivity index (χ2n) is 6.42. The maximum atomic E-state index is 12.2. The molecule has 8 heteroatoms. The minimum Gasteiger partial charge on any atom is -0.484 e. The minimum atomic E-state index is -0.513. The maximum absolute atomic E-state index is 12.2. The number of rotatable bonds is 7. The van der Waals surface area contributed by atoms with Gasteiger partial charge in [-0.2, -0.15) is 0 Å². The number of amides is 2. The van der Waals surface area contributed by atoms with E-state index in [1.54, 1.807) is 20.2 Å². The molecule has 1 aliphatic rings. The summed E-state index contributed by atoms with van der Waals surface area (Å²) in [7, 11) is 3.36. The zero-order valence-electron chi connectivity index (χ0n) is 15.3. The molecule has 7 nitrogen and oxygen atoms in total. The van der Waals surface area contributed by atoms with Crippen molar-refractivity contribution in [2.24, 2.45) is 11.7 Å². The highest BCUT2D eigenvalue weighted by Crippen LogP contribution is 2.18. The van der Waals surface area contributed by atoms with Gasteiger partial charge < -0.3 is 25.4 Å². The van der Waals surface area contributed by atoms with Gasteiger partial charge in [0.25, 0.3) is 5.91 Å². The van der Waals surface area contributed by atoms with Crippen molar-refractivity contribution in [2.75, 3.05) is 33.9 Å². The lowest BCUT2D eigenvalue weighted by Crippen LogP contribution is -2.46. The van der Waals surface area contributed by atoms with Crippen molar-refractivity contribution in [2.45, 2.75) is 25.4 Å². The van der Waals surface area contributed by atoms with Crippen LogP contribution in [0.2, 0.25) is 0 Å². The minimum absolute atomic E-state index is 0. The second-order valence-corrected chi connectivity index (χ2v) is 6.42. The first-order chi connectivity index (χ1) is 12.0. The molecular formula is C18H28ClN3O4. The van der Waals surface area contributed by atoms with E-state index in [1.807, 2.05) is 18.2 Å². The van der Waals surface area contributed by atoms with Gasteiger partial charge in [-0.1, -0.05) is 12.1 Å². The van der Waals surface area contributed by atoms with E-state index in [1.165, 1.54) is 4.90 Å². The van der Waals surface area contributed by atoms with Gasteiger partial charge in [0.1, 0.15) is 5.75 Å². The summed E-state index contributed by atoms with van der Waals surface area (Å²) >= 11 is 0. The zero-order valence-corrected chi connectivity index (χ0v) is 16.1. The Kier molecular flexibility index (Phi) is 9.40. The number of nitrogens with one attached hydrogen (secondary N) is 1. The van der Waals surface area contributed by atoms with Crippen LogP contribution in [-0.4, -0.2) is 56.7 Å². The lowest BCUT2D eigenvalue weighted by molar-refractivity contribution is -0.130. The first-order valence-corrected chi connectivity index (χ1v) is 8.50. The first kappa shape index (κ1) is 22.2. The number of carbonyl (C=O) groups excluding carboxylic acids is 2. The fourth-order valence-electron chi connectivity index (χ4n) is 2.62. The molecule has 3 N–H and O–H groups in total. The van der Waals surface area contributed by atoms with E-state index in [0.29, 0.717) is 25.5 Å². The Morgan fingerprint density at radius 2 is 2.04 bits per heavy atom. The van der Waals surface area contributed by atoms with E-state index in [-0.39, 0.29) is 36.7 Å². The van der Waals surface area contributed by atoms with Crippen LogP contribution in [0.5, 0.6) is 5.75 Å². The number of hydrogen-bond donors (Lipinski definition) is 2. The van der Waals surface area contributed by atoms with Crippen LogP contribution in [0.25, 0.3) is 0 Å². The fraction of sp³-hybridized carbons (Fsp3) is 0.556. The SMILES string of the molecule is CN(C)C(=O)COc1cccc(CNC(=O)C(N)C2CCOCC2)c1.Cl. The number of ether oxygens (including phenoxy) is 2. The van der Waals surface area contributed by atoms with Crippen molar-refractivity contribution in [1.82, 2.24) is 10.2 Å². The van der Waals surface area contributed by atoms with E-state index in [2.05, 4.69) is 5.32 Å². The first-order valence-electron chi connectivity index (χ1n) is 8.50. The van der Waals surface area contributed by atoms with Gasteiger partial charge in [-0.3, -0.25) is 9.59 Å². The van der Waals surface area contributed by atoms with Gasteiger partial charge in [0.2, 0.25) is 5.91 Å². The fourth-order valence-corrected chi connectivity index (χ4v) is 2.62. The Balaban J connectivity index is 0.00000338. The number of likely N-dealkylation sites (N-methyl/N-ethyl adjacent to an activating group) is 1. The van der Waals surface area contributed by atoms with Crippen molar-refractivity contribution in [3.63, 3.8) is 0 Å². The molecule has 1 aromatic carbocycles. The highest BCUT2D eigenvalue weighted by Gasteiger charge is 2.26. The summed E-state index contributed by atoms with van der Waals surface area (Å²) in [6, 6.07) is 6.79. The largest absolute Gasteiger partial charge is 0.484 e. The third-order valence-electron chi connectivity index (χ3n) is 4.30. The van der Waals surface area contributed by atoms with Crippen LogP contribution in [0.1, 0.15) is 18.4 Å². The summed E-state index contributed by atoms with van der Waals surface area (Å²) in [5.74, 6) is 0.498. The van der Waals surface area contributed by atoms with Crippen LogP contribution in [-0.2, 0) is 20.9 Å². The number of hydrogen-bond acceptors (Lipinski definition) is 5. The van der Waals surface area contributed by atoms with E-state index in [0.717, 1.165) is 18.4 Å². The number of halogens is 1. The maximum Gasteiger partial charge on any atom is 0.259 e. The third-order valence-corrected chi connectivity index (χ3v) is 4.30. The van der Waals surface area contributed by atoms with E-state index in [4.69, 9.17) is 15.2 Å². The molecule has 1 saturated heterocycles. The molecule has 1 atom stereocenters. The molecule has 0 radical (unpaired) electrons. The standard InChI is InChI=1S/C18H27N3O4.ClH/c1-21(2)16(22)12-25-15-5-3-4-13(10-15)11-20-18(23)17(19)14-6-8-24-9-7-14;/h3-5,10,14,17H,6-9,11-12,19H2,1-2H3,(H,20,23);1H. The smallest absolute Gasteiger partial charge is 0.259 e. The van der Waals surface area contributed by atoms with Crippen molar-refractivity contribution in [1.29, 1.82) is 0 Å². The summed E-state index contributed by atoms with van der Waals surface area (Å²) in [6.45, 7) is 1.68. The van der Waals surface area contributed by atoms with Crippen molar-refractivity contribution in [3.8, 4) is 5.75 Å². The van der Waals surface area contributed by atoms with Crippen LogP contribution < -0.4 is 15.8 Å². The molecule has 0 spiro atoms. The van der Waals surface area contributed by atoms with Gasteiger partial charge in [-0.25, -0.2) is 0 Å². The summed E-state index contributed by atoms with van der Waals surface area (Å²) in [6.07, 6.45) is 1.63. The summed E-state index contributed by atoms with van der Waals surface area (Å²) in [4.78, 5) is 25.3. The van der Waals surface area contributed by atoms with Crippen molar-refractivity contribution >= 4 is 24.2 Å². The molecule has 1 aliphatic heterocycles. The molecular weight excluding hydrogens is 358 g/mol. The molecule has 1 fully saturated rings. The van der Waals surface area contributed by atoms with Crippen LogP contribution in [0.4, 0.5) is 0 Å². The summed E-state index contributed by atoms with van der Waals surface area (Å²) in [5, 5.41) is 2.87. The molecule has 1 heterocycles. The van der Waals surface area contributed by atoms with Gasteiger partial charge in [-0.15, -0.1) is 12.4 Å². The number of carbonyl (C=O) groups is 2. The highest BCUT2D eigenvalue weighted by atomic mass is 35.5. The molecule has 1 unspecified atom stereocenters. The Labute approximate surface area is 160 Å². The molecule has 0 bridgehead atoms. The Morgan fingerprint density at radius 3 is 2.69 bits per heavy atom. The quantitative estimate of drug-likeness (QED) is 0.728. The molecule has 146 valence electrons. The van der Waals surface area contributed by atoms with Gasteiger partial charge >= 0.3 is 0 Å². The van der Waals surface area contributed by atoms with Crippen LogP contribution >= 0.6 is 12.4 Å². The number of nitrogens with two attached hydrogens (primary N) is 1. The Morgan fingerprint density at radius 1 is 1.35 bits per heavy atom. The van der Waals surface area contributed by atoms with Gasteiger partial charge in [-0.05, 0) is 36.5 Å². The third kappa shape index (κ3) is 6.82. The summed E-state index contributed by atoms with van der Waals surface area (Å²) < 4.78 is 10.8. The monoisotopic (exact) mass is 385 g/mol. The van der Waals surface area contributed by atoms with Gasteiger partial charge in [0.15, 0.2) is 6.61 Å². The topological polar surface area (TPSA) is 93.9 Å². The molecule has 0 aliphatic carbocycles. The highest BCUT2D eigenvalue weighted by molar-refractivity contribution is 5.85. The van der Waals surface area contributed by atoms with E-state index >= 15 is 0 Å². The molecule has 0 aromatic heterocycles. The van der Waals surface area contributed by atoms with Crippen molar-refractivity contribution in [3.05, 3.63) is 29.8 Å². The average molecular weight is 386 g/mol. The molecule has 2 rings (SSSR count). The molecule has 0 saturated carbocycles. The normalized spacial score (nSPS) is 15.5. The predicted octanol–water partition coefficient (Wildman–Crippen LogP) is 0.946. The van der Waals surface area contributed by atoms with Crippen LogP contribution in [0.15, 0.2) is 24.3 Å². The van der Waals surface area contributed by atoms with Crippen molar-refractivity contribution < 1.29 is 19.1 Å². The van der Waals surface area contributed by atoms with Gasteiger partial charge in [0.05, 0.1) is 6.04 Å². The van der Waals surface area contributed by atoms with Gasteiger partial charge in [0, 0.05) is 33.9 Å². The predicted molar refractivity (Wildman–Crippen MR) is 101 cm³/mol. The average Bonchev–Trinajstić information content (AvgIpc) is 2.64.